The van der Waals surface area contributed by atoms with Gasteiger partial charge in [0.1, 0.15) is 12.6 Å². The van der Waals surface area contributed by atoms with E-state index >= 15 is 0 Å². The number of carbonyl (C=O) groups is 3. The first-order valence-electron chi connectivity index (χ1n) is 10.7. The molecule has 3 atom stereocenters. The van der Waals surface area contributed by atoms with Crippen molar-refractivity contribution < 1.29 is 19.1 Å². The van der Waals surface area contributed by atoms with Gasteiger partial charge in [0, 0.05) is 12.0 Å². The maximum Gasteiger partial charge on any atom is 0.224 e. The Labute approximate surface area is 178 Å². The van der Waals surface area contributed by atoms with Crippen LogP contribution >= 0.6 is 0 Å². The molecule has 1 aromatic rings. The molecule has 7 nitrogen and oxygen atoms in total. The van der Waals surface area contributed by atoms with Crippen LogP contribution in [0.1, 0.15) is 38.2 Å². The summed E-state index contributed by atoms with van der Waals surface area (Å²) in [7, 11) is 0. The average molecular weight is 415 g/mol. The highest BCUT2D eigenvalue weighted by Gasteiger charge is 2.39. The molecule has 163 valence electrons. The number of benzene rings is 1. The molecule has 7 heteroatoms. The van der Waals surface area contributed by atoms with Gasteiger partial charge in [-0.3, -0.25) is 14.4 Å². The number of likely N-dealkylation sites (tertiary alicyclic amines) is 1. The van der Waals surface area contributed by atoms with Gasteiger partial charge in [-0.15, -0.1) is 0 Å². The van der Waals surface area contributed by atoms with Crippen LogP contribution in [0.15, 0.2) is 30.3 Å². The SMILES string of the molecule is CC(C[CH]C(=O)NC1C(=O)COC1CN1CCCC1)(CCc1ccccc1)C(N)=O. The van der Waals surface area contributed by atoms with Crippen molar-refractivity contribution in [2.75, 3.05) is 26.2 Å². The van der Waals surface area contributed by atoms with Gasteiger partial charge in [-0.05, 0) is 50.8 Å². The third-order valence-electron chi connectivity index (χ3n) is 6.23. The Hall–Kier alpha value is -2.25. The number of nitrogens with one attached hydrogen (secondary N) is 1. The number of nitrogens with zero attached hydrogens (tertiary/aromatic N) is 1. The van der Waals surface area contributed by atoms with Crippen molar-refractivity contribution in [3.05, 3.63) is 42.3 Å². The molecule has 30 heavy (non-hydrogen) atoms. The molecule has 0 aliphatic carbocycles. The van der Waals surface area contributed by atoms with Crippen molar-refractivity contribution >= 4 is 17.6 Å². The smallest absolute Gasteiger partial charge is 0.224 e. The largest absolute Gasteiger partial charge is 0.369 e. The molecule has 2 amide bonds. The maximum absolute atomic E-state index is 12.5. The number of ether oxygens (including phenoxy) is 1. The lowest BCUT2D eigenvalue weighted by Gasteiger charge is -2.27. The molecule has 2 aliphatic rings. The van der Waals surface area contributed by atoms with E-state index in [4.69, 9.17) is 10.5 Å². The number of hydrogen-bond acceptors (Lipinski definition) is 5. The Morgan fingerprint density at radius 3 is 2.63 bits per heavy atom. The fourth-order valence-electron chi connectivity index (χ4n) is 4.05. The van der Waals surface area contributed by atoms with Gasteiger partial charge < -0.3 is 20.7 Å². The maximum atomic E-state index is 12.5. The van der Waals surface area contributed by atoms with E-state index < -0.39 is 17.4 Å². The predicted molar refractivity (Wildman–Crippen MR) is 113 cm³/mol. The van der Waals surface area contributed by atoms with Gasteiger partial charge in [-0.25, -0.2) is 0 Å². The number of amides is 2. The van der Waals surface area contributed by atoms with Crippen LogP contribution in [-0.2, 0) is 25.5 Å². The van der Waals surface area contributed by atoms with Crippen molar-refractivity contribution in [2.45, 2.75) is 51.2 Å². The number of rotatable bonds is 10. The topological polar surface area (TPSA) is 102 Å². The van der Waals surface area contributed by atoms with Gasteiger partial charge in [0.2, 0.25) is 11.8 Å². The monoisotopic (exact) mass is 414 g/mol. The first-order valence-corrected chi connectivity index (χ1v) is 10.7. The minimum absolute atomic E-state index is 0.0273. The zero-order valence-corrected chi connectivity index (χ0v) is 17.6. The highest BCUT2D eigenvalue weighted by molar-refractivity contribution is 5.94. The molecule has 0 saturated carbocycles. The number of hydrogen-bond donors (Lipinski definition) is 2. The molecule has 1 aromatic carbocycles. The Bertz CT molecular complexity index is 748. The van der Waals surface area contributed by atoms with Crippen molar-refractivity contribution in [1.82, 2.24) is 10.2 Å². The van der Waals surface area contributed by atoms with E-state index in [1.54, 1.807) is 6.92 Å². The van der Waals surface area contributed by atoms with Crippen molar-refractivity contribution in [1.29, 1.82) is 0 Å². The molecule has 3 N–H and O–H groups in total. The first kappa shape index (κ1) is 22.4. The van der Waals surface area contributed by atoms with Crippen LogP contribution in [-0.4, -0.2) is 60.9 Å². The van der Waals surface area contributed by atoms with Gasteiger partial charge in [-0.2, -0.15) is 0 Å². The number of carbonyl (C=O) groups excluding carboxylic acids is 3. The molecule has 1 radical (unpaired) electrons. The summed E-state index contributed by atoms with van der Waals surface area (Å²) in [4.78, 5) is 39.1. The van der Waals surface area contributed by atoms with Crippen LogP contribution in [0.4, 0.5) is 0 Å². The van der Waals surface area contributed by atoms with Crippen LogP contribution in [0.25, 0.3) is 0 Å². The van der Waals surface area contributed by atoms with Crippen LogP contribution < -0.4 is 11.1 Å². The number of ketones is 1. The van der Waals surface area contributed by atoms with E-state index in [1.165, 1.54) is 6.42 Å². The second-order valence-electron chi connectivity index (χ2n) is 8.63. The lowest BCUT2D eigenvalue weighted by atomic mass is 9.79. The summed E-state index contributed by atoms with van der Waals surface area (Å²) in [6.07, 6.45) is 4.88. The molecule has 2 heterocycles. The van der Waals surface area contributed by atoms with E-state index in [1.807, 2.05) is 30.3 Å². The van der Waals surface area contributed by atoms with E-state index in [9.17, 15) is 14.4 Å². The summed E-state index contributed by atoms with van der Waals surface area (Å²) in [6.45, 7) is 4.45. The second-order valence-corrected chi connectivity index (χ2v) is 8.63. The summed E-state index contributed by atoms with van der Waals surface area (Å²) >= 11 is 0. The van der Waals surface area contributed by atoms with E-state index in [2.05, 4.69) is 10.2 Å². The van der Waals surface area contributed by atoms with Crippen LogP contribution in [0.2, 0.25) is 0 Å². The zero-order valence-electron chi connectivity index (χ0n) is 17.6. The highest BCUT2D eigenvalue weighted by atomic mass is 16.5. The molecular weight excluding hydrogens is 382 g/mol. The minimum atomic E-state index is -0.835. The van der Waals surface area contributed by atoms with E-state index in [0.29, 0.717) is 19.4 Å². The van der Waals surface area contributed by atoms with Crippen molar-refractivity contribution in [3.63, 3.8) is 0 Å². The van der Waals surface area contributed by atoms with Crippen molar-refractivity contribution in [2.24, 2.45) is 11.1 Å². The second kappa shape index (κ2) is 10.2. The lowest BCUT2D eigenvalue weighted by molar-refractivity contribution is -0.128. The molecule has 2 aliphatic heterocycles. The lowest BCUT2D eigenvalue weighted by Crippen LogP contribution is -2.49. The minimum Gasteiger partial charge on any atom is -0.369 e. The number of Topliss-reactive ketones (excluding diaryl/α,β-unsaturated/α-hetero) is 1. The first-order chi connectivity index (χ1) is 14.4. The molecular formula is C23H32N3O4. The van der Waals surface area contributed by atoms with Gasteiger partial charge in [0.25, 0.3) is 0 Å². The normalized spacial score (nSPS) is 24.0. The third kappa shape index (κ3) is 5.89. The number of aryl methyl sites for hydroxylation is 1. The van der Waals surface area contributed by atoms with Gasteiger partial charge in [0.05, 0.1) is 12.5 Å². The average Bonchev–Trinajstić information content (AvgIpc) is 3.37. The van der Waals surface area contributed by atoms with Crippen LogP contribution in [0, 0.1) is 11.8 Å². The fourth-order valence-corrected chi connectivity index (χ4v) is 4.05. The number of nitrogens with two attached hydrogens (primary N) is 1. The summed E-state index contributed by atoms with van der Waals surface area (Å²) in [5.41, 5.74) is 5.93. The molecule has 0 bridgehead atoms. The van der Waals surface area contributed by atoms with Crippen LogP contribution in [0.3, 0.4) is 0 Å². The quantitative estimate of drug-likeness (QED) is 0.600. The molecule has 2 saturated heterocycles. The Morgan fingerprint density at radius 2 is 1.97 bits per heavy atom. The van der Waals surface area contributed by atoms with Gasteiger partial charge in [0.15, 0.2) is 5.78 Å². The number of primary amides is 1. The summed E-state index contributed by atoms with van der Waals surface area (Å²) in [5.74, 6) is -0.908. The summed E-state index contributed by atoms with van der Waals surface area (Å²) in [6, 6.07) is 9.22. The third-order valence-corrected chi connectivity index (χ3v) is 6.23. The van der Waals surface area contributed by atoms with Crippen LogP contribution in [0.5, 0.6) is 0 Å². The molecule has 3 rings (SSSR count). The molecule has 0 spiro atoms. The van der Waals surface area contributed by atoms with E-state index in [-0.39, 0.29) is 30.8 Å². The Morgan fingerprint density at radius 1 is 1.27 bits per heavy atom. The van der Waals surface area contributed by atoms with E-state index in [0.717, 1.165) is 31.5 Å². The highest BCUT2D eigenvalue weighted by Crippen LogP contribution is 2.29. The van der Waals surface area contributed by atoms with Gasteiger partial charge >= 0.3 is 0 Å². The summed E-state index contributed by atoms with van der Waals surface area (Å²) in [5, 5.41) is 2.79. The Balaban J connectivity index is 1.51. The predicted octanol–water partition coefficient (Wildman–Crippen LogP) is 1.25. The van der Waals surface area contributed by atoms with Crippen molar-refractivity contribution in [3.8, 4) is 0 Å². The standard InChI is InChI=1S/C23H32N3O4/c1-23(22(24)29,11-9-17-7-3-2-4-8-17)12-10-20(28)25-21-18(27)16-30-19(21)15-26-13-5-6-14-26/h2-4,7-8,10,19,21H,5-6,9,11-16H2,1H3,(H2,24,29)(H,25,28). The Kier molecular flexibility index (Phi) is 7.61. The molecule has 0 aromatic heterocycles. The zero-order chi connectivity index (χ0) is 21.6. The van der Waals surface area contributed by atoms with Gasteiger partial charge in [-0.1, -0.05) is 37.3 Å². The fraction of sp³-hybridized carbons (Fsp3) is 0.565. The summed E-state index contributed by atoms with van der Waals surface area (Å²) < 4.78 is 5.62. The molecule has 3 unspecified atom stereocenters. The molecule has 2 fully saturated rings.